The van der Waals surface area contributed by atoms with Crippen molar-refractivity contribution in [2.24, 2.45) is 0 Å². The van der Waals surface area contributed by atoms with Gasteiger partial charge in [-0.3, -0.25) is 14.5 Å². The number of benzene rings is 3. The van der Waals surface area contributed by atoms with Gasteiger partial charge in [-0.1, -0.05) is 30.3 Å². The van der Waals surface area contributed by atoms with Crippen molar-refractivity contribution in [3.63, 3.8) is 0 Å². The minimum Gasteiger partial charge on any atom is -0.507 e. The Bertz CT molecular complexity index is 1430. The molecule has 6 heteroatoms. The molecule has 2 N–H and O–H groups in total. The number of H-pyrrole nitrogens is 1. The number of ether oxygens (including phenoxy) is 1. The number of aromatic amines is 1. The van der Waals surface area contributed by atoms with E-state index in [1.54, 1.807) is 36.5 Å². The molecule has 1 saturated heterocycles. The van der Waals surface area contributed by atoms with Crippen molar-refractivity contribution in [2.75, 3.05) is 11.5 Å². The van der Waals surface area contributed by atoms with Gasteiger partial charge in [0.1, 0.15) is 11.5 Å². The number of carbonyl (C=O) groups excluding carboxylic acids is 2. The zero-order valence-corrected chi connectivity index (χ0v) is 18.9. The van der Waals surface area contributed by atoms with Crippen LogP contribution in [-0.2, 0) is 9.59 Å². The van der Waals surface area contributed by atoms with E-state index in [4.69, 9.17) is 4.74 Å². The van der Waals surface area contributed by atoms with Crippen LogP contribution in [0.5, 0.6) is 5.75 Å². The number of amides is 1. The zero-order chi connectivity index (χ0) is 23.8. The third-order valence-electron chi connectivity index (χ3n) is 6.08. The highest BCUT2D eigenvalue weighted by molar-refractivity contribution is 6.51. The van der Waals surface area contributed by atoms with Gasteiger partial charge in [0.05, 0.1) is 18.2 Å². The Labute approximate surface area is 197 Å². The van der Waals surface area contributed by atoms with Crippen LogP contribution in [0.15, 0.2) is 84.6 Å². The highest BCUT2D eigenvalue weighted by Crippen LogP contribution is 2.44. The maximum Gasteiger partial charge on any atom is 0.300 e. The molecule has 3 aromatic carbocycles. The van der Waals surface area contributed by atoms with E-state index in [0.717, 1.165) is 22.0 Å². The first kappa shape index (κ1) is 21.5. The fourth-order valence-corrected chi connectivity index (χ4v) is 4.52. The molecular formula is C28H24N2O4. The number of aromatic nitrogens is 1. The Kier molecular flexibility index (Phi) is 5.42. The van der Waals surface area contributed by atoms with E-state index < -0.39 is 17.7 Å². The van der Waals surface area contributed by atoms with Crippen LogP contribution in [0.3, 0.4) is 0 Å². The smallest absolute Gasteiger partial charge is 0.300 e. The monoisotopic (exact) mass is 452 g/mol. The average Bonchev–Trinajstić information content (AvgIpc) is 3.38. The van der Waals surface area contributed by atoms with Crippen LogP contribution in [0.2, 0.25) is 0 Å². The van der Waals surface area contributed by atoms with Gasteiger partial charge in [-0.05, 0) is 61.9 Å². The Hall–Kier alpha value is -4.32. The van der Waals surface area contributed by atoms with Crippen LogP contribution in [0.25, 0.3) is 16.7 Å². The summed E-state index contributed by atoms with van der Waals surface area (Å²) in [6.07, 6.45) is 1.80. The van der Waals surface area contributed by atoms with Gasteiger partial charge in [0.15, 0.2) is 0 Å². The number of anilines is 1. The van der Waals surface area contributed by atoms with Crippen molar-refractivity contribution in [1.82, 2.24) is 4.98 Å². The predicted molar refractivity (Wildman–Crippen MR) is 132 cm³/mol. The van der Waals surface area contributed by atoms with Gasteiger partial charge in [-0.2, -0.15) is 0 Å². The second-order valence-corrected chi connectivity index (χ2v) is 8.26. The minimum atomic E-state index is -0.787. The van der Waals surface area contributed by atoms with Crippen LogP contribution in [0.1, 0.15) is 29.7 Å². The second kappa shape index (κ2) is 8.56. The molecule has 1 aliphatic rings. The second-order valence-electron chi connectivity index (χ2n) is 8.26. The maximum absolute atomic E-state index is 13.4. The first-order chi connectivity index (χ1) is 16.5. The molecule has 0 spiro atoms. The first-order valence-corrected chi connectivity index (χ1v) is 11.2. The summed E-state index contributed by atoms with van der Waals surface area (Å²) in [6.45, 7) is 4.34. The molecule has 1 atom stereocenters. The molecule has 1 aliphatic heterocycles. The lowest BCUT2D eigenvalue weighted by molar-refractivity contribution is -0.132. The molecule has 0 radical (unpaired) electrons. The summed E-state index contributed by atoms with van der Waals surface area (Å²) >= 11 is 0. The normalized spacial score (nSPS) is 17.5. The first-order valence-electron chi connectivity index (χ1n) is 11.2. The fourth-order valence-electron chi connectivity index (χ4n) is 4.52. The number of rotatable bonds is 5. The number of aliphatic hydroxyl groups is 1. The Morgan fingerprint density at radius 3 is 2.53 bits per heavy atom. The number of ketones is 1. The minimum absolute atomic E-state index is 0.0559. The molecule has 1 amide bonds. The van der Waals surface area contributed by atoms with Crippen molar-refractivity contribution in [1.29, 1.82) is 0 Å². The number of para-hydroxylation sites is 1. The van der Waals surface area contributed by atoms with Gasteiger partial charge in [-0.25, -0.2) is 0 Å². The zero-order valence-electron chi connectivity index (χ0n) is 18.9. The summed E-state index contributed by atoms with van der Waals surface area (Å²) in [6, 6.07) is 21.2. The molecule has 170 valence electrons. The van der Waals surface area contributed by atoms with E-state index in [1.165, 1.54) is 4.90 Å². The average molecular weight is 453 g/mol. The third kappa shape index (κ3) is 3.53. The lowest BCUT2D eigenvalue weighted by atomic mass is 9.94. The standard InChI is InChI=1S/C28H24N2O4/c1-3-34-20-13-11-18(12-14-20)26(31)24-25(22-16-29-23-10-5-4-9-21(22)23)30(28(33)27(24)32)19-8-6-7-17(2)15-19/h4-16,25,29,31H,3H2,1-2H3/b26-24+. The molecule has 34 heavy (non-hydrogen) atoms. The molecule has 1 unspecified atom stereocenters. The summed E-state index contributed by atoms with van der Waals surface area (Å²) in [5.41, 5.74) is 3.68. The van der Waals surface area contributed by atoms with Gasteiger partial charge in [0.25, 0.3) is 11.7 Å². The summed E-state index contributed by atoms with van der Waals surface area (Å²) in [5, 5.41) is 12.2. The predicted octanol–water partition coefficient (Wildman–Crippen LogP) is 5.50. The Balaban J connectivity index is 1.73. The number of carbonyl (C=O) groups is 2. The molecule has 6 nitrogen and oxygen atoms in total. The van der Waals surface area contributed by atoms with Crippen molar-refractivity contribution >= 4 is 34.0 Å². The molecule has 4 aromatic rings. The van der Waals surface area contributed by atoms with E-state index in [1.807, 2.05) is 56.3 Å². The number of nitrogens with zero attached hydrogens (tertiary/aromatic N) is 1. The van der Waals surface area contributed by atoms with Crippen LogP contribution >= 0.6 is 0 Å². The maximum atomic E-state index is 13.4. The Morgan fingerprint density at radius 1 is 1.03 bits per heavy atom. The van der Waals surface area contributed by atoms with Crippen LogP contribution in [0.4, 0.5) is 5.69 Å². The van der Waals surface area contributed by atoms with E-state index >= 15 is 0 Å². The number of Topliss-reactive ketones (excluding diaryl/α,β-unsaturated/α-hetero) is 1. The van der Waals surface area contributed by atoms with Gasteiger partial charge < -0.3 is 14.8 Å². The number of aliphatic hydroxyl groups excluding tert-OH is 1. The van der Waals surface area contributed by atoms with Gasteiger partial charge in [-0.15, -0.1) is 0 Å². The molecule has 0 bridgehead atoms. The topological polar surface area (TPSA) is 82.6 Å². The lowest BCUT2D eigenvalue weighted by Gasteiger charge is -2.25. The van der Waals surface area contributed by atoms with Gasteiger partial charge in [0.2, 0.25) is 0 Å². The molecule has 0 aliphatic carbocycles. The summed E-state index contributed by atoms with van der Waals surface area (Å²) in [4.78, 5) is 31.4. The number of aryl methyl sites for hydroxylation is 1. The number of hydrogen-bond donors (Lipinski definition) is 2. The lowest BCUT2D eigenvalue weighted by Crippen LogP contribution is -2.29. The fraction of sp³-hybridized carbons (Fsp3) is 0.143. The number of fused-ring (bicyclic) bond motifs is 1. The molecule has 5 rings (SSSR count). The van der Waals surface area contributed by atoms with Crippen molar-refractivity contribution in [3.05, 3.63) is 101 Å². The summed E-state index contributed by atoms with van der Waals surface area (Å²) in [7, 11) is 0. The van der Waals surface area contributed by atoms with Crippen molar-refractivity contribution < 1.29 is 19.4 Å². The van der Waals surface area contributed by atoms with Crippen molar-refractivity contribution in [3.8, 4) is 5.75 Å². The molecular weight excluding hydrogens is 428 g/mol. The number of nitrogens with one attached hydrogen (secondary N) is 1. The van der Waals surface area contributed by atoms with E-state index in [-0.39, 0.29) is 11.3 Å². The largest absolute Gasteiger partial charge is 0.507 e. The van der Waals surface area contributed by atoms with Crippen LogP contribution in [0, 0.1) is 6.92 Å². The van der Waals surface area contributed by atoms with E-state index in [9.17, 15) is 14.7 Å². The van der Waals surface area contributed by atoms with Crippen molar-refractivity contribution in [2.45, 2.75) is 19.9 Å². The molecule has 0 saturated carbocycles. The van der Waals surface area contributed by atoms with E-state index in [2.05, 4.69) is 4.98 Å². The quantitative estimate of drug-likeness (QED) is 0.238. The highest BCUT2D eigenvalue weighted by Gasteiger charge is 2.47. The Morgan fingerprint density at radius 2 is 1.79 bits per heavy atom. The summed E-state index contributed by atoms with van der Waals surface area (Å²) in [5.74, 6) is -0.948. The molecule has 2 heterocycles. The van der Waals surface area contributed by atoms with Crippen LogP contribution < -0.4 is 9.64 Å². The summed E-state index contributed by atoms with van der Waals surface area (Å²) < 4.78 is 5.49. The highest BCUT2D eigenvalue weighted by atomic mass is 16.5. The molecule has 1 aromatic heterocycles. The number of hydrogen-bond acceptors (Lipinski definition) is 4. The van der Waals surface area contributed by atoms with Crippen LogP contribution in [-0.4, -0.2) is 28.4 Å². The SMILES string of the molecule is CCOc1ccc(/C(O)=C2\C(=O)C(=O)N(c3cccc(C)c3)C2c2c[nH]c3ccccc23)cc1. The third-order valence-corrected chi connectivity index (χ3v) is 6.08. The van der Waals surface area contributed by atoms with E-state index in [0.29, 0.717) is 23.6 Å². The molecule has 1 fully saturated rings. The van der Waals surface area contributed by atoms with Gasteiger partial charge >= 0.3 is 0 Å². The van der Waals surface area contributed by atoms with Gasteiger partial charge in [0, 0.05) is 33.9 Å².